The van der Waals surface area contributed by atoms with Crippen molar-refractivity contribution in [1.82, 2.24) is 0 Å². The fraction of sp³-hybridized carbons (Fsp3) is 0.571. The van der Waals surface area contributed by atoms with Crippen molar-refractivity contribution in [3.63, 3.8) is 0 Å². The van der Waals surface area contributed by atoms with Crippen LogP contribution in [0, 0.1) is 3.57 Å². The second-order valence-electron chi connectivity index (χ2n) is 5.29. The van der Waals surface area contributed by atoms with Gasteiger partial charge in [0.1, 0.15) is 0 Å². The minimum atomic E-state index is 0.121. The van der Waals surface area contributed by atoms with Crippen molar-refractivity contribution < 1.29 is 4.74 Å². The van der Waals surface area contributed by atoms with Gasteiger partial charge in [-0.2, -0.15) is 11.8 Å². The van der Waals surface area contributed by atoms with E-state index in [-0.39, 0.29) is 5.60 Å². The number of benzene rings is 1. The summed E-state index contributed by atoms with van der Waals surface area (Å²) in [7, 11) is 0. The summed E-state index contributed by atoms with van der Waals surface area (Å²) in [5.74, 6) is 2.38. The van der Waals surface area contributed by atoms with Crippen LogP contribution >= 0.6 is 46.0 Å². The van der Waals surface area contributed by atoms with E-state index >= 15 is 0 Å². The summed E-state index contributed by atoms with van der Waals surface area (Å²) in [5.41, 5.74) is 1.17. The lowest BCUT2D eigenvalue weighted by atomic mass is 9.90. The molecule has 0 aromatic heterocycles. The largest absolute Gasteiger partial charge is 0.381 e. The summed E-state index contributed by atoms with van der Waals surface area (Å²) in [4.78, 5) is 0. The highest BCUT2D eigenvalue weighted by Gasteiger charge is 2.40. The SMILES string of the molecule is Clc1cc(I)ccc1NC1CCOC2(CCSC2)C1. The van der Waals surface area contributed by atoms with E-state index in [2.05, 4.69) is 40.0 Å². The first-order chi connectivity index (χ1) is 9.17. The Hall–Kier alpha value is 0.350. The summed E-state index contributed by atoms with van der Waals surface area (Å²) < 4.78 is 7.22. The molecule has 0 amide bonds. The predicted octanol–water partition coefficient (Wildman–Crippen LogP) is 4.41. The van der Waals surface area contributed by atoms with E-state index in [0.717, 1.165) is 35.9 Å². The first kappa shape index (κ1) is 14.3. The third-order valence-electron chi connectivity index (χ3n) is 3.85. The summed E-state index contributed by atoms with van der Waals surface area (Å²) >= 11 is 10.6. The Balaban J connectivity index is 1.69. The van der Waals surface area contributed by atoms with Gasteiger partial charge in [0.15, 0.2) is 0 Å². The normalized spacial score (nSPS) is 30.7. The molecule has 2 saturated heterocycles. The van der Waals surface area contributed by atoms with Gasteiger partial charge in [0, 0.05) is 22.0 Å². The van der Waals surface area contributed by atoms with Gasteiger partial charge in [0.2, 0.25) is 0 Å². The Labute approximate surface area is 137 Å². The van der Waals surface area contributed by atoms with E-state index in [1.54, 1.807) is 0 Å². The van der Waals surface area contributed by atoms with Crippen LogP contribution in [0.3, 0.4) is 0 Å². The van der Waals surface area contributed by atoms with Crippen molar-refractivity contribution in [3.05, 3.63) is 26.8 Å². The lowest BCUT2D eigenvalue weighted by Gasteiger charge is -2.38. The Bertz CT molecular complexity index is 465. The van der Waals surface area contributed by atoms with Crippen molar-refractivity contribution >= 4 is 51.6 Å². The zero-order valence-electron chi connectivity index (χ0n) is 10.6. The Morgan fingerprint density at radius 2 is 2.37 bits per heavy atom. The molecule has 1 aromatic carbocycles. The Kier molecular flexibility index (Phi) is 4.51. The van der Waals surface area contributed by atoms with E-state index in [0.29, 0.717) is 6.04 Å². The molecule has 1 aromatic rings. The van der Waals surface area contributed by atoms with Gasteiger partial charge in [0.05, 0.1) is 16.3 Å². The zero-order chi connectivity index (χ0) is 13.3. The maximum absolute atomic E-state index is 6.30. The molecule has 2 aliphatic rings. The van der Waals surface area contributed by atoms with E-state index in [1.165, 1.54) is 15.7 Å². The van der Waals surface area contributed by atoms with Crippen LogP contribution in [0.5, 0.6) is 0 Å². The summed E-state index contributed by atoms with van der Waals surface area (Å²) in [6.45, 7) is 0.861. The predicted molar refractivity (Wildman–Crippen MR) is 91.4 cm³/mol. The number of anilines is 1. The monoisotopic (exact) mass is 409 g/mol. The van der Waals surface area contributed by atoms with Crippen molar-refractivity contribution in [2.75, 3.05) is 23.4 Å². The molecular weight excluding hydrogens is 393 g/mol. The van der Waals surface area contributed by atoms with Crippen LogP contribution < -0.4 is 5.32 Å². The fourth-order valence-electron chi connectivity index (χ4n) is 2.84. The highest BCUT2D eigenvalue weighted by Crippen LogP contribution is 2.39. The van der Waals surface area contributed by atoms with Crippen LogP contribution in [0.2, 0.25) is 5.02 Å². The van der Waals surface area contributed by atoms with Crippen LogP contribution in [0.1, 0.15) is 19.3 Å². The first-order valence-electron chi connectivity index (χ1n) is 6.60. The van der Waals surface area contributed by atoms with Crippen molar-refractivity contribution in [3.8, 4) is 0 Å². The number of hydrogen-bond donors (Lipinski definition) is 1. The van der Waals surface area contributed by atoms with Gasteiger partial charge in [-0.3, -0.25) is 0 Å². The van der Waals surface area contributed by atoms with Crippen LogP contribution in [-0.2, 0) is 4.74 Å². The number of thioether (sulfide) groups is 1. The van der Waals surface area contributed by atoms with Gasteiger partial charge in [-0.25, -0.2) is 0 Å². The molecule has 104 valence electrons. The summed E-state index contributed by atoms with van der Waals surface area (Å²) in [5, 5.41) is 4.42. The summed E-state index contributed by atoms with van der Waals surface area (Å²) in [6, 6.07) is 6.65. The highest BCUT2D eigenvalue weighted by atomic mass is 127. The minimum absolute atomic E-state index is 0.121. The van der Waals surface area contributed by atoms with Gasteiger partial charge in [-0.15, -0.1) is 0 Å². The molecular formula is C14H17ClINOS. The molecule has 2 heterocycles. The topological polar surface area (TPSA) is 21.3 Å². The standard InChI is InChI=1S/C14H17ClINOS/c15-12-7-10(16)1-2-13(12)17-11-3-5-18-14(8-11)4-6-19-9-14/h1-2,7,11,17H,3-6,8-9H2. The molecule has 2 atom stereocenters. The maximum atomic E-state index is 6.30. The molecule has 2 fully saturated rings. The molecule has 1 N–H and O–H groups in total. The van der Waals surface area contributed by atoms with Gasteiger partial charge in [-0.05, 0) is 65.8 Å². The van der Waals surface area contributed by atoms with Gasteiger partial charge in [0.25, 0.3) is 0 Å². The number of ether oxygens (including phenoxy) is 1. The van der Waals surface area contributed by atoms with Crippen molar-refractivity contribution in [1.29, 1.82) is 0 Å². The zero-order valence-corrected chi connectivity index (χ0v) is 14.4. The molecule has 2 aliphatic heterocycles. The average Bonchev–Trinajstić information content (AvgIpc) is 2.81. The van der Waals surface area contributed by atoms with Crippen molar-refractivity contribution in [2.24, 2.45) is 0 Å². The molecule has 2 nitrogen and oxygen atoms in total. The highest BCUT2D eigenvalue weighted by molar-refractivity contribution is 14.1. The molecule has 1 spiro atoms. The van der Waals surface area contributed by atoms with E-state index in [9.17, 15) is 0 Å². The molecule has 19 heavy (non-hydrogen) atoms. The van der Waals surface area contributed by atoms with Crippen molar-refractivity contribution in [2.45, 2.75) is 30.9 Å². The third kappa shape index (κ3) is 3.34. The third-order valence-corrected chi connectivity index (χ3v) is 6.06. The molecule has 0 saturated carbocycles. The minimum Gasteiger partial charge on any atom is -0.381 e. The number of hydrogen-bond acceptors (Lipinski definition) is 3. The molecule has 2 unspecified atom stereocenters. The first-order valence-corrected chi connectivity index (χ1v) is 9.21. The molecule has 0 aliphatic carbocycles. The molecule has 0 radical (unpaired) electrons. The van der Waals surface area contributed by atoms with E-state index in [1.807, 2.05) is 17.8 Å². The van der Waals surface area contributed by atoms with Crippen LogP contribution in [0.4, 0.5) is 5.69 Å². The van der Waals surface area contributed by atoms with Crippen LogP contribution in [0.15, 0.2) is 18.2 Å². The quantitative estimate of drug-likeness (QED) is 0.731. The number of halogens is 2. The summed E-state index contributed by atoms with van der Waals surface area (Å²) in [6.07, 6.45) is 3.35. The molecule has 3 rings (SSSR count). The van der Waals surface area contributed by atoms with Gasteiger partial charge < -0.3 is 10.1 Å². The number of rotatable bonds is 2. The smallest absolute Gasteiger partial charge is 0.0799 e. The lowest BCUT2D eigenvalue weighted by Crippen LogP contribution is -2.44. The second kappa shape index (κ2) is 6.00. The number of nitrogens with one attached hydrogen (secondary N) is 1. The fourth-order valence-corrected chi connectivity index (χ4v) is 5.13. The molecule has 0 bridgehead atoms. The average molecular weight is 410 g/mol. The van der Waals surface area contributed by atoms with Gasteiger partial charge >= 0.3 is 0 Å². The second-order valence-corrected chi connectivity index (χ2v) is 8.05. The van der Waals surface area contributed by atoms with Gasteiger partial charge in [-0.1, -0.05) is 11.6 Å². The Morgan fingerprint density at radius 3 is 3.11 bits per heavy atom. The molecule has 5 heteroatoms. The lowest BCUT2D eigenvalue weighted by molar-refractivity contribution is -0.0628. The van der Waals surface area contributed by atoms with E-state index in [4.69, 9.17) is 16.3 Å². The van der Waals surface area contributed by atoms with Crippen LogP contribution in [0.25, 0.3) is 0 Å². The van der Waals surface area contributed by atoms with Crippen LogP contribution in [-0.4, -0.2) is 29.8 Å². The van der Waals surface area contributed by atoms with E-state index < -0.39 is 0 Å². The Morgan fingerprint density at radius 1 is 1.47 bits per heavy atom. The maximum Gasteiger partial charge on any atom is 0.0799 e.